The Labute approximate surface area is 124 Å². The molecule has 0 amide bonds. The molecule has 1 unspecified atom stereocenters. The van der Waals surface area contributed by atoms with Gasteiger partial charge < -0.3 is 15.5 Å². The van der Waals surface area contributed by atoms with Crippen LogP contribution in [0.4, 0.5) is 0 Å². The van der Waals surface area contributed by atoms with E-state index < -0.39 is 12.0 Å². The second-order valence-corrected chi connectivity index (χ2v) is 5.38. The fourth-order valence-corrected chi connectivity index (χ4v) is 2.71. The summed E-state index contributed by atoms with van der Waals surface area (Å²) in [6, 6.07) is 4.91. The number of carboxylic acids is 1. The largest absolute Gasteiger partial charge is 0.481 e. The zero-order valence-corrected chi connectivity index (χ0v) is 12.0. The highest BCUT2D eigenvalue weighted by molar-refractivity contribution is 6.02. The molecule has 0 aliphatic heterocycles. The van der Waals surface area contributed by atoms with Gasteiger partial charge in [-0.05, 0) is 49.4 Å². The third-order valence-corrected chi connectivity index (χ3v) is 3.80. The van der Waals surface area contributed by atoms with E-state index in [-0.39, 0.29) is 18.8 Å². The summed E-state index contributed by atoms with van der Waals surface area (Å²) >= 11 is 0. The number of aryl methyl sites for hydroxylation is 2. The number of carboxylic acid groups (broad SMARTS) is 1. The standard InChI is InChI=1S/C16H21NO4/c18-8-2-7-17-14(10-15(19)20)16(21)13-6-5-11-3-1-4-12(11)9-13/h5-6,9,14,17-18H,1-4,7-8,10H2,(H,19,20). The van der Waals surface area contributed by atoms with Crippen LogP contribution in [0.1, 0.15) is 40.7 Å². The van der Waals surface area contributed by atoms with Crippen molar-refractivity contribution in [3.8, 4) is 0 Å². The number of aliphatic hydroxyl groups excluding tert-OH is 1. The number of aliphatic carboxylic acids is 1. The molecule has 0 bridgehead atoms. The van der Waals surface area contributed by atoms with Crippen LogP contribution in [0.2, 0.25) is 0 Å². The fourth-order valence-electron chi connectivity index (χ4n) is 2.71. The number of carbonyl (C=O) groups excluding carboxylic acids is 1. The number of benzene rings is 1. The molecule has 1 aromatic carbocycles. The number of aliphatic hydroxyl groups is 1. The van der Waals surface area contributed by atoms with Crippen LogP contribution < -0.4 is 5.32 Å². The zero-order valence-electron chi connectivity index (χ0n) is 12.0. The van der Waals surface area contributed by atoms with E-state index in [1.54, 1.807) is 6.07 Å². The Bertz CT molecular complexity index is 527. The van der Waals surface area contributed by atoms with Crippen molar-refractivity contribution in [3.05, 3.63) is 34.9 Å². The minimum Gasteiger partial charge on any atom is -0.481 e. The van der Waals surface area contributed by atoms with Gasteiger partial charge in [-0.25, -0.2) is 0 Å². The van der Waals surface area contributed by atoms with Crippen molar-refractivity contribution in [3.63, 3.8) is 0 Å². The van der Waals surface area contributed by atoms with Crippen molar-refractivity contribution in [2.75, 3.05) is 13.2 Å². The minimum atomic E-state index is -1.01. The van der Waals surface area contributed by atoms with Crippen LogP contribution in [-0.2, 0) is 17.6 Å². The highest BCUT2D eigenvalue weighted by atomic mass is 16.4. The fraction of sp³-hybridized carbons (Fsp3) is 0.500. The van der Waals surface area contributed by atoms with Gasteiger partial charge in [0.2, 0.25) is 0 Å². The molecule has 21 heavy (non-hydrogen) atoms. The van der Waals surface area contributed by atoms with E-state index in [1.165, 1.54) is 11.1 Å². The molecule has 1 aromatic rings. The first-order valence-electron chi connectivity index (χ1n) is 7.34. The highest BCUT2D eigenvalue weighted by Gasteiger charge is 2.23. The average Bonchev–Trinajstić information content (AvgIpc) is 2.92. The number of hydrogen-bond acceptors (Lipinski definition) is 4. The van der Waals surface area contributed by atoms with Crippen LogP contribution in [0.3, 0.4) is 0 Å². The van der Waals surface area contributed by atoms with E-state index in [0.29, 0.717) is 18.5 Å². The maximum atomic E-state index is 12.5. The van der Waals surface area contributed by atoms with E-state index in [1.807, 2.05) is 12.1 Å². The molecule has 0 aromatic heterocycles. The molecule has 0 heterocycles. The van der Waals surface area contributed by atoms with E-state index >= 15 is 0 Å². The van der Waals surface area contributed by atoms with E-state index in [9.17, 15) is 9.59 Å². The van der Waals surface area contributed by atoms with Gasteiger partial charge in [0.25, 0.3) is 0 Å². The van der Waals surface area contributed by atoms with E-state index in [0.717, 1.165) is 19.3 Å². The summed E-state index contributed by atoms with van der Waals surface area (Å²) in [6.45, 7) is 0.435. The number of rotatable bonds is 8. The topological polar surface area (TPSA) is 86.6 Å². The quantitative estimate of drug-likeness (QED) is 0.494. The van der Waals surface area contributed by atoms with Crippen molar-refractivity contribution in [1.82, 2.24) is 5.32 Å². The Hall–Kier alpha value is -1.72. The second-order valence-electron chi connectivity index (χ2n) is 5.38. The lowest BCUT2D eigenvalue weighted by atomic mass is 9.98. The van der Waals surface area contributed by atoms with Crippen molar-refractivity contribution in [2.45, 2.75) is 38.1 Å². The molecule has 0 saturated heterocycles. The lowest BCUT2D eigenvalue weighted by molar-refractivity contribution is -0.137. The Morgan fingerprint density at radius 1 is 1.24 bits per heavy atom. The van der Waals surface area contributed by atoms with Crippen molar-refractivity contribution in [1.29, 1.82) is 0 Å². The monoisotopic (exact) mass is 291 g/mol. The normalized spacial score (nSPS) is 14.7. The summed E-state index contributed by atoms with van der Waals surface area (Å²) in [5.41, 5.74) is 3.05. The number of carbonyl (C=O) groups is 2. The molecule has 1 atom stereocenters. The van der Waals surface area contributed by atoms with Crippen LogP contribution in [0.25, 0.3) is 0 Å². The zero-order chi connectivity index (χ0) is 15.2. The van der Waals surface area contributed by atoms with Crippen LogP contribution in [0.15, 0.2) is 18.2 Å². The van der Waals surface area contributed by atoms with Gasteiger partial charge in [-0.15, -0.1) is 0 Å². The van der Waals surface area contributed by atoms with Crippen molar-refractivity contribution >= 4 is 11.8 Å². The van der Waals surface area contributed by atoms with Gasteiger partial charge in [-0.3, -0.25) is 9.59 Å². The van der Waals surface area contributed by atoms with Crippen molar-refractivity contribution in [2.24, 2.45) is 0 Å². The Morgan fingerprint density at radius 3 is 2.71 bits per heavy atom. The molecule has 114 valence electrons. The summed E-state index contributed by atoms with van der Waals surface area (Å²) < 4.78 is 0. The highest BCUT2D eigenvalue weighted by Crippen LogP contribution is 2.23. The summed E-state index contributed by atoms with van der Waals surface area (Å²) in [7, 11) is 0. The first-order chi connectivity index (χ1) is 10.1. The number of hydrogen-bond donors (Lipinski definition) is 3. The molecule has 1 aliphatic rings. The molecular formula is C16H21NO4. The molecule has 5 nitrogen and oxygen atoms in total. The molecule has 2 rings (SSSR count). The predicted molar refractivity (Wildman–Crippen MR) is 78.5 cm³/mol. The number of Topliss-reactive ketones (excluding diaryl/α,β-unsaturated/α-hetero) is 1. The van der Waals surface area contributed by atoms with Gasteiger partial charge in [0.1, 0.15) is 0 Å². The molecule has 0 fully saturated rings. The molecule has 5 heteroatoms. The Kier molecular flexibility index (Phi) is 5.47. The SMILES string of the molecule is O=C(O)CC(NCCCO)C(=O)c1ccc2c(c1)CCC2. The summed E-state index contributed by atoms with van der Waals surface area (Å²) in [4.78, 5) is 23.4. The van der Waals surface area contributed by atoms with Gasteiger partial charge in [0, 0.05) is 12.2 Å². The molecular weight excluding hydrogens is 270 g/mol. The Morgan fingerprint density at radius 2 is 2.00 bits per heavy atom. The second kappa shape index (κ2) is 7.33. The van der Waals surface area contributed by atoms with Gasteiger partial charge in [-0.1, -0.05) is 12.1 Å². The van der Waals surface area contributed by atoms with Crippen LogP contribution in [0.5, 0.6) is 0 Å². The summed E-state index contributed by atoms with van der Waals surface area (Å²) in [5.74, 6) is -1.20. The van der Waals surface area contributed by atoms with Crippen LogP contribution in [0, 0.1) is 0 Å². The third kappa shape index (κ3) is 4.12. The lowest BCUT2D eigenvalue weighted by Crippen LogP contribution is -2.39. The average molecular weight is 291 g/mol. The maximum absolute atomic E-state index is 12.5. The number of fused-ring (bicyclic) bond motifs is 1. The Balaban J connectivity index is 2.10. The van der Waals surface area contributed by atoms with E-state index in [2.05, 4.69) is 5.32 Å². The maximum Gasteiger partial charge on any atom is 0.305 e. The smallest absolute Gasteiger partial charge is 0.305 e. The first kappa shape index (κ1) is 15.7. The predicted octanol–water partition coefficient (Wildman–Crippen LogP) is 1.17. The number of ketones is 1. The van der Waals surface area contributed by atoms with Gasteiger partial charge in [0.05, 0.1) is 12.5 Å². The number of nitrogens with one attached hydrogen (secondary N) is 1. The molecule has 0 saturated carbocycles. The molecule has 3 N–H and O–H groups in total. The lowest BCUT2D eigenvalue weighted by Gasteiger charge is -2.16. The third-order valence-electron chi connectivity index (χ3n) is 3.80. The summed E-state index contributed by atoms with van der Waals surface area (Å²) in [5, 5.41) is 20.7. The van der Waals surface area contributed by atoms with Gasteiger partial charge in [0.15, 0.2) is 5.78 Å². The van der Waals surface area contributed by atoms with E-state index in [4.69, 9.17) is 10.2 Å². The molecule has 0 spiro atoms. The first-order valence-corrected chi connectivity index (χ1v) is 7.34. The molecule has 0 radical (unpaired) electrons. The van der Waals surface area contributed by atoms with Crippen LogP contribution in [-0.4, -0.2) is 41.2 Å². The molecule has 1 aliphatic carbocycles. The summed E-state index contributed by atoms with van der Waals surface area (Å²) in [6.07, 6.45) is 3.39. The van der Waals surface area contributed by atoms with Crippen LogP contribution >= 0.6 is 0 Å². The van der Waals surface area contributed by atoms with Gasteiger partial charge >= 0.3 is 5.97 Å². The minimum absolute atomic E-state index is 0.0137. The van der Waals surface area contributed by atoms with Gasteiger partial charge in [-0.2, -0.15) is 0 Å². The van der Waals surface area contributed by atoms with Crippen molar-refractivity contribution < 1.29 is 19.8 Å².